The normalized spacial score (nSPS) is 11.4. The van der Waals surface area contributed by atoms with Crippen LogP contribution in [0.2, 0.25) is 0 Å². The molecule has 5 heteroatoms. The van der Waals surface area contributed by atoms with Gasteiger partial charge in [0.15, 0.2) is 0 Å². The third-order valence-electron chi connectivity index (χ3n) is 3.38. The number of amides is 2. The Morgan fingerprint density at radius 2 is 1.83 bits per heavy atom. The molecule has 0 heterocycles. The second-order valence-electron chi connectivity index (χ2n) is 5.13. The molecule has 2 rings (SSSR count). The number of carbonyl (C=O) groups excluding carboxylic acids is 2. The van der Waals surface area contributed by atoms with Crippen LogP contribution in [0.25, 0.3) is 0 Å². The van der Waals surface area contributed by atoms with E-state index in [0.717, 1.165) is 11.3 Å². The molecule has 5 nitrogen and oxygen atoms in total. The molecule has 0 saturated heterocycles. The lowest BCUT2D eigenvalue weighted by atomic mass is 10.2. The summed E-state index contributed by atoms with van der Waals surface area (Å²) < 4.78 is 5.14. The van der Waals surface area contributed by atoms with E-state index in [0.29, 0.717) is 12.1 Å². The van der Waals surface area contributed by atoms with E-state index in [1.807, 2.05) is 30.3 Å². The highest BCUT2D eigenvalue weighted by atomic mass is 16.5. The van der Waals surface area contributed by atoms with Crippen LogP contribution >= 0.6 is 0 Å². The molecule has 2 aromatic carbocycles. The van der Waals surface area contributed by atoms with Crippen molar-refractivity contribution >= 4 is 11.8 Å². The number of nitrogens with one attached hydrogen (secondary N) is 2. The Balaban J connectivity index is 1.86. The van der Waals surface area contributed by atoms with Gasteiger partial charge in [-0.3, -0.25) is 9.59 Å². The highest BCUT2D eigenvalue weighted by molar-refractivity contribution is 5.97. The molecule has 1 unspecified atom stereocenters. The fraction of sp³-hybridized carbons (Fsp3) is 0.222. The number of carbonyl (C=O) groups is 2. The van der Waals surface area contributed by atoms with Crippen molar-refractivity contribution < 1.29 is 14.3 Å². The molecule has 2 amide bonds. The van der Waals surface area contributed by atoms with Crippen LogP contribution in [0.4, 0.5) is 0 Å². The number of hydrogen-bond donors (Lipinski definition) is 2. The molecule has 0 spiro atoms. The van der Waals surface area contributed by atoms with Crippen molar-refractivity contribution in [3.8, 4) is 5.75 Å². The van der Waals surface area contributed by atoms with E-state index in [1.165, 1.54) is 0 Å². The molecule has 120 valence electrons. The van der Waals surface area contributed by atoms with Gasteiger partial charge in [-0.25, -0.2) is 0 Å². The van der Waals surface area contributed by atoms with E-state index in [1.54, 1.807) is 38.3 Å². The van der Waals surface area contributed by atoms with E-state index < -0.39 is 6.04 Å². The van der Waals surface area contributed by atoms with Crippen LogP contribution in [0.15, 0.2) is 54.6 Å². The highest BCUT2D eigenvalue weighted by Crippen LogP contribution is 2.12. The largest absolute Gasteiger partial charge is 0.497 e. The molecular formula is C18H20N2O3. The maximum absolute atomic E-state index is 12.1. The Morgan fingerprint density at radius 1 is 1.09 bits per heavy atom. The van der Waals surface area contributed by atoms with E-state index >= 15 is 0 Å². The second-order valence-corrected chi connectivity index (χ2v) is 5.13. The Hall–Kier alpha value is -2.82. The number of ether oxygens (including phenoxy) is 1. The van der Waals surface area contributed by atoms with Crippen LogP contribution in [0.3, 0.4) is 0 Å². The molecular weight excluding hydrogens is 292 g/mol. The summed E-state index contributed by atoms with van der Waals surface area (Å²) in [4.78, 5) is 24.1. The van der Waals surface area contributed by atoms with E-state index in [9.17, 15) is 9.59 Å². The molecule has 0 radical (unpaired) electrons. The van der Waals surface area contributed by atoms with Gasteiger partial charge in [0.25, 0.3) is 5.91 Å². The summed E-state index contributed by atoms with van der Waals surface area (Å²) in [6.07, 6.45) is 0. The molecule has 0 aliphatic carbocycles. The van der Waals surface area contributed by atoms with Gasteiger partial charge in [0.2, 0.25) is 5.91 Å². The summed E-state index contributed by atoms with van der Waals surface area (Å²) in [6, 6.07) is 15.6. The minimum atomic E-state index is -0.617. The molecule has 0 aliphatic heterocycles. The van der Waals surface area contributed by atoms with Crippen molar-refractivity contribution in [2.45, 2.75) is 19.5 Å². The van der Waals surface area contributed by atoms with E-state index in [-0.39, 0.29) is 11.8 Å². The zero-order valence-electron chi connectivity index (χ0n) is 13.2. The van der Waals surface area contributed by atoms with Crippen molar-refractivity contribution in [1.29, 1.82) is 0 Å². The quantitative estimate of drug-likeness (QED) is 0.858. The fourth-order valence-corrected chi connectivity index (χ4v) is 2.06. The number of rotatable bonds is 6. The minimum absolute atomic E-state index is 0.239. The summed E-state index contributed by atoms with van der Waals surface area (Å²) in [5, 5.41) is 5.48. The van der Waals surface area contributed by atoms with Gasteiger partial charge in [-0.2, -0.15) is 0 Å². The van der Waals surface area contributed by atoms with Crippen molar-refractivity contribution in [3.05, 3.63) is 65.7 Å². The summed E-state index contributed by atoms with van der Waals surface area (Å²) in [6.45, 7) is 2.03. The van der Waals surface area contributed by atoms with Crippen molar-refractivity contribution in [1.82, 2.24) is 10.6 Å². The number of methoxy groups -OCH3 is 1. The van der Waals surface area contributed by atoms with Gasteiger partial charge in [0.1, 0.15) is 11.8 Å². The van der Waals surface area contributed by atoms with Crippen molar-refractivity contribution in [2.24, 2.45) is 0 Å². The first-order valence-corrected chi connectivity index (χ1v) is 7.36. The van der Waals surface area contributed by atoms with Gasteiger partial charge in [-0.1, -0.05) is 30.3 Å². The van der Waals surface area contributed by atoms with Crippen LogP contribution in [0.5, 0.6) is 5.75 Å². The first-order chi connectivity index (χ1) is 11.1. The van der Waals surface area contributed by atoms with Crippen molar-refractivity contribution in [2.75, 3.05) is 7.11 Å². The van der Waals surface area contributed by atoms with Crippen LogP contribution in [-0.4, -0.2) is 25.0 Å². The molecule has 1 atom stereocenters. The average Bonchev–Trinajstić information content (AvgIpc) is 2.60. The van der Waals surface area contributed by atoms with Gasteiger partial charge >= 0.3 is 0 Å². The molecule has 2 aromatic rings. The molecule has 2 N–H and O–H groups in total. The third kappa shape index (κ3) is 4.85. The number of hydrogen-bond acceptors (Lipinski definition) is 3. The average molecular weight is 312 g/mol. The lowest BCUT2D eigenvalue weighted by Crippen LogP contribution is -2.44. The maximum atomic E-state index is 12.1. The van der Waals surface area contributed by atoms with Crippen molar-refractivity contribution in [3.63, 3.8) is 0 Å². The zero-order valence-corrected chi connectivity index (χ0v) is 13.2. The molecule has 0 aliphatic rings. The van der Waals surface area contributed by atoms with E-state index in [2.05, 4.69) is 10.6 Å². The lowest BCUT2D eigenvalue weighted by molar-refractivity contribution is -0.122. The molecule has 0 bridgehead atoms. The lowest BCUT2D eigenvalue weighted by Gasteiger charge is -2.14. The third-order valence-corrected chi connectivity index (χ3v) is 3.38. The standard InChI is InChI=1S/C18H20N2O3/c1-13(20-18(22)15-8-4-3-5-9-15)17(21)19-12-14-7-6-10-16(11-14)23-2/h3-11,13H,12H2,1-2H3,(H,19,21)(H,20,22). The topological polar surface area (TPSA) is 67.4 Å². The predicted octanol–water partition coefficient (Wildman–Crippen LogP) is 2.13. The SMILES string of the molecule is COc1cccc(CNC(=O)C(C)NC(=O)c2ccccc2)c1. The van der Waals surface area contributed by atoms with Gasteiger partial charge < -0.3 is 15.4 Å². The molecule has 0 fully saturated rings. The first kappa shape index (κ1) is 16.5. The first-order valence-electron chi connectivity index (χ1n) is 7.36. The van der Waals surface area contributed by atoms with Gasteiger partial charge in [-0.15, -0.1) is 0 Å². The second kappa shape index (κ2) is 7.98. The van der Waals surface area contributed by atoms with Crippen LogP contribution in [0.1, 0.15) is 22.8 Å². The predicted molar refractivity (Wildman–Crippen MR) is 88.2 cm³/mol. The Bertz CT molecular complexity index is 671. The zero-order chi connectivity index (χ0) is 16.7. The molecule has 0 aromatic heterocycles. The maximum Gasteiger partial charge on any atom is 0.251 e. The van der Waals surface area contributed by atoms with E-state index in [4.69, 9.17) is 4.74 Å². The van der Waals surface area contributed by atoms with Gasteiger partial charge in [0, 0.05) is 12.1 Å². The van der Waals surface area contributed by atoms with Crippen LogP contribution in [0, 0.1) is 0 Å². The highest BCUT2D eigenvalue weighted by Gasteiger charge is 2.16. The summed E-state index contributed by atoms with van der Waals surface area (Å²) in [5.74, 6) is 0.230. The summed E-state index contributed by atoms with van der Waals surface area (Å²) in [5.41, 5.74) is 1.46. The minimum Gasteiger partial charge on any atom is -0.497 e. The Morgan fingerprint density at radius 3 is 2.52 bits per heavy atom. The monoisotopic (exact) mass is 312 g/mol. The molecule has 0 saturated carbocycles. The summed E-state index contributed by atoms with van der Waals surface area (Å²) in [7, 11) is 1.60. The Kier molecular flexibility index (Phi) is 5.74. The summed E-state index contributed by atoms with van der Waals surface area (Å²) >= 11 is 0. The van der Waals surface area contributed by atoms with Crippen LogP contribution in [-0.2, 0) is 11.3 Å². The number of benzene rings is 2. The van der Waals surface area contributed by atoms with Crippen LogP contribution < -0.4 is 15.4 Å². The van der Waals surface area contributed by atoms with Gasteiger partial charge in [0.05, 0.1) is 7.11 Å². The fourth-order valence-electron chi connectivity index (χ4n) is 2.06. The molecule has 23 heavy (non-hydrogen) atoms. The smallest absolute Gasteiger partial charge is 0.251 e. The van der Waals surface area contributed by atoms with Gasteiger partial charge in [-0.05, 0) is 36.8 Å². The Labute approximate surface area is 135 Å².